The van der Waals surface area contributed by atoms with Crippen LogP contribution < -0.4 is 5.32 Å². The number of aryl methyl sites for hydroxylation is 1. The van der Waals surface area contributed by atoms with Crippen LogP contribution in [0.4, 0.5) is 0 Å². The van der Waals surface area contributed by atoms with E-state index in [0.29, 0.717) is 6.04 Å². The molecule has 0 amide bonds. The second kappa shape index (κ2) is 11.0. The van der Waals surface area contributed by atoms with Crippen LogP contribution in [-0.4, -0.2) is 59.7 Å². The third kappa shape index (κ3) is 6.47. The molecule has 1 aliphatic carbocycles. The maximum Gasteiger partial charge on any atom is 0.194 e. The van der Waals surface area contributed by atoms with Gasteiger partial charge in [-0.1, -0.05) is 18.0 Å². The lowest BCUT2D eigenvalue weighted by Gasteiger charge is -2.37. The van der Waals surface area contributed by atoms with Gasteiger partial charge in [-0.05, 0) is 31.9 Å². The molecular formula is C21H32IN5O2. The summed E-state index contributed by atoms with van der Waals surface area (Å²) in [6, 6.07) is 6.55. The summed E-state index contributed by atoms with van der Waals surface area (Å²) in [5.74, 6) is 2.94. The Labute approximate surface area is 189 Å². The van der Waals surface area contributed by atoms with E-state index in [1.165, 1.54) is 25.7 Å². The fraction of sp³-hybridized carbons (Fsp3) is 0.619. The number of rotatable bonds is 6. The molecule has 1 N–H and O–H groups in total. The van der Waals surface area contributed by atoms with Crippen LogP contribution in [0, 0.1) is 6.92 Å². The van der Waals surface area contributed by atoms with Crippen molar-refractivity contribution in [1.29, 1.82) is 0 Å². The minimum atomic E-state index is 0. The number of nitrogens with zero attached hydrogens (tertiary/aromatic N) is 4. The molecule has 1 aliphatic heterocycles. The zero-order chi connectivity index (χ0) is 19.2. The minimum Gasteiger partial charge on any atom is -0.469 e. The number of piperazine rings is 1. The van der Waals surface area contributed by atoms with Crippen LogP contribution in [0.3, 0.4) is 0 Å². The highest BCUT2D eigenvalue weighted by molar-refractivity contribution is 14.0. The number of hydrogen-bond donors (Lipinski definition) is 1. The van der Waals surface area contributed by atoms with Crippen molar-refractivity contribution >= 4 is 29.9 Å². The van der Waals surface area contributed by atoms with Crippen molar-refractivity contribution in [2.24, 2.45) is 4.99 Å². The molecule has 160 valence electrons. The lowest BCUT2D eigenvalue weighted by molar-refractivity contribution is 0.168. The van der Waals surface area contributed by atoms with Crippen molar-refractivity contribution in [3.05, 3.63) is 41.7 Å². The summed E-state index contributed by atoms with van der Waals surface area (Å²) in [6.07, 6.45) is 7.72. The Morgan fingerprint density at radius 2 is 2.03 bits per heavy atom. The summed E-state index contributed by atoms with van der Waals surface area (Å²) in [5.41, 5.74) is 1.02. The van der Waals surface area contributed by atoms with Gasteiger partial charge in [0.15, 0.2) is 5.96 Å². The summed E-state index contributed by atoms with van der Waals surface area (Å²) in [7, 11) is 0. The van der Waals surface area contributed by atoms with Gasteiger partial charge in [-0.25, -0.2) is 0 Å². The number of halogens is 1. The van der Waals surface area contributed by atoms with E-state index in [1.807, 2.05) is 25.1 Å². The molecule has 2 aliphatic rings. The van der Waals surface area contributed by atoms with Crippen LogP contribution >= 0.6 is 24.0 Å². The Balaban J connectivity index is 0.00000240. The second-order valence-corrected chi connectivity index (χ2v) is 7.85. The van der Waals surface area contributed by atoms with Crippen LogP contribution in [-0.2, 0) is 13.0 Å². The topological polar surface area (TPSA) is 70.0 Å². The van der Waals surface area contributed by atoms with Crippen molar-refractivity contribution in [3.63, 3.8) is 0 Å². The van der Waals surface area contributed by atoms with Crippen molar-refractivity contribution in [2.45, 2.75) is 51.6 Å². The lowest BCUT2D eigenvalue weighted by atomic mass is 10.2. The van der Waals surface area contributed by atoms with E-state index in [-0.39, 0.29) is 24.0 Å². The predicted octanol–water partition coefficient (Wildman–Crippen LogP) is 3.44. The van der Waals surface area contributed by atoms with Gasteiger partial charge in [0.1, 0.15) is 11.5 Å². The highest BCUT2D eigenvalue weighted by atomic mass is 127. The summed E-state index contributed by atoms with van der Waals surface area (Å²) in [4.78, 5) is 9.77. The van der Waals surface area contributed by atoms with Crippen molar-refractivity contribution in [1.82, 2.24) is 20.3 Å². The van der Waals surface area contributed by atoms with E-state index in [9.17, 15) is 0 Å². The minimum absolute atomic E-state index is 0. The molecule has 0 atom stereocenters. The number of nitrogens with one attached hydrogen (secondary N) is 1. The normalized spacial score (nSPS) is 18.8. The van der Waals surface area contributed by atoms with E-state index < -0.39 is 0 Å². The van der Waals surface area contributed by atoms with Gasteiger partial charge in [0.25, 0.3) is 0 Å². The predicted molar refractivity (Wildman–Crippen MR) is 124 cm³/mol. The molecule has 4 rings (SSSR count). The molecule has 1 saturated carbocycles. The van der Waals surface area contributed by atoms with E-state index in [4.69, 9.17) is 13.9 Å². The zero-order valence-electron chi connectivity index (χ0n) is 17.2. The van der Waals surface area contributed by atoms with E-state index in [2.05, 4.69) is 20.3 Å². The van der Waals surface area contributed by atoms with Gasteiger partial charge >= 0.3 is 0 Å². The molecule has 2 aromatic rings. The Hall–Kier alpha value is -1.55. The van der Waals surface area contributed by atoms with Crippen LogP contribution in [0.1, 0.15) is 42.9 Å². The Morgan fingerprint density at radius 3 is 2.69 bits per heavy atom. The highest BCUT2D eigenvalue weighted by Crippen LogP contribution is 2.18. The third-order valence-corrected chi connectivity index (χ3v) is 5.62. The van der Waals surface area contributed by atoms with Gasteiger partial charge in [0, 0.05) is 57.8 Å². The molecule has 2 aromatic heterocycles. The number of guanidine groups is 1. The maximum absolute atomic E-state index is 5.44. The first-order valence-electron chi connectivity index (χ1n) is 10.5. The van der Waals surface area contributed by atoms with Crippen LogP contribution in [0.25, 0.3) is 0 Å². The molecule has 7 nitrogen and oxygen atoms in total. The standard InChI is InChI=1S/C21H31N5O2.HI/c1-17-15-19(24-28-17)16-25-10-12-26(13-11-25)21(23-18-5-2-3-6-18)22-9-8-20-7-4-14-27-20;/h4,7,14-15,18H,2-3,5-6,8-13,16H2,1H3,(H,22,23);1H. The average Bonchev–Trinajstić information content (AvgIpc) is 3.46. The monoisotopic (exact) mass is 513 g/mol. The van der Waals surface area contributed by atoms with Crippen LogP contribution in [0.5, 0.6) is 0 Å². The van der Waals surface area contributed by atoms with Gasteiger partial charge < -0.3 is 19.2 Å². The largest absolute Gasteiger partial charge is 0.469 e. The highest BCUT2D eigenvalue weighted by Gasteiger charge is 2.23. The van der Waals surface area contributed by atoms with Crippen LogP contribution in [0.2, 0.25) is 0 Å². The first-order valence-corrected chi connectivity index (χ1v) is 10.5. The number of aromatic nitrogens is 1. The number of hydrogen-bond acceptors (Lipinski definition) is 5. The van der Waals surface area contributed by atoms with Gasteiger partial charge in [0.05, 0.1) is 12.0 Å². The molecule has 0 radical (unpaired) electrons. The third-order valence-electron chi connectivity index (χ3n) is 5.62. The molecular weight excluding hydrogens is 481 g/mol. The fourth-order valence-electron chi connectivity index (χ4n) is 4.06. The van der Waals surface area contributed by atoms with Crippen LogP contribution in [0.15, 0.2) is 38.4 Å². The molecule has 3 heterocycles. The number of aliphatic imine (C=N–C) groups is 1. The summed E-state index contributed by atoms with van der Waals surface area (Å²) < 4.78 is 10.6. The van der Waals surface area contributed by atoms with E-state index in [1.54, 1.807) is 6.26 Å². The Bertz CT molecular complexity index is 747. The molecule has 0 bridgehead atoms. The molecule has 0 aromatic carbocycles. The Kier molecular flexibility index (Phi) is 8.40. The summed E-state index contributed by atoms with van der Waals surface area (Å²) in [5, 5.41) is 7.86. The van der Waals surface area contributed by atoms with Gasteiger partial charge in [-0.3, -0.25) is 9.89 Å². The molecule has 0 spiro atoms. The van der Waals surface area contributed by atoms with Gasteiger partial charge in [0.2, 0.25) is 0 Å². The molecule has 1 saturated heterocycles. The van der Waals surface area contributed by atoms with Gasteiger partial charge in [-0.15, -0.1) is 24.0 Å². The molecule has 8 heteroatoms. The maximum atomic E-state index is 5.44. The number of furan rings is 1. The lowest BCUT2D eigenvalue weighted by Crippen LogP contribution is -2.53. The Morgan fingerprint density at radius 1 is 1.24 bits per heavy atom. The van der Waals surface area contributed by atoms with Crippen molar-refractivity contribution < 1.29 is 8.94 Å². The second-order valence-electron chi connectivity index (χ2n) is 7.85. The summed E-state index contributed by atoms with van der Waals surface area (Å²) in [6.45, 7) is 7.53. The van der Waals surface area contributed by atoms with Gasteiger partial charge in [-0.2, -0.15) is 0 Å². The van der Waals surface area contributed by atoms with E-state index in [0.717, 1.165) is 68.9 Å². The summed E-state index contributed by atoms with van der Waals surface area (Å²) >= 11 is 0. The first kappa shape index (κ1) is 22.1. The van der Waals surface area contributed by atoms with E-state index >= 15 is 0 Å². The first-order chi connectivity index (χ1) is 13.8. The molecule has 0 unspecified atom stereocenters. The molecule has 2 fully saturated rings. The smallest absolute Gasteiger partial charge is 0.194 e. The fourth-order valence-corrected chi connectivity index (χ4v) is 4.06. The van der Waals surface area contributed by atoms with Crippen molar-refractivity contribution in [2.75, 3.05) is 32.7 Å². The van der Waals surface area contributed by atoms with Crippen molar-refractivity contribution in [3.8, 4) is 0 Å². The quantitative estimate of drug-likeness (QED) is 0.363. The SMILES string of the molecule is Cc1cc(CN2CCN(C(=NCCc3ccco3)NC3CCCC3)CC2)no1.I. The molecule has 29 heavy (non-hydrogen) atoms. The average molecular weight is 513 g/mol. The zero-order valence-corrected chi connectivity index (χ0v) is 19.5.